The van der Waals surface area contributed by atoms with Crippen molar-refractivity contribution in [2.75, 3.05) is 26.3 Å². The van der Waals surface area contributed by atoms with Crippen LogP contribution in [0.25, 0.3) is 6.08 Å². The van der Waals surface area contributed by atoms with Gasteiger partial charge in [-0.3, -0.25) is 0 Å². The number of halogens is 3. The van der Waals surface area contributed by atoms with Crippen LogP contribution >= 0.6 is 34.8 Å². The van der Waals surface area contributed by atoms with Gasteiger partial charge in [-0.2, -0.15) is 0 Å². The van der Waals surface area contributed by atoms with Gasteiger partial charge in [0.2, 0.25) is 0 Å². The summed E-state index contributed by atoms with van der Waals surface area (Å²) in [7, 11) is 0. The number of amides is 1. The zero-order chi connectivity index (χ0) is 18.3. The predicted molar refractivity (Wildman–Crippen MR) is 103 cm³/mol. The van der Waals surface area contributed by atoms with Gasteiger partial charge in [-0.1, -0.05) is 0 Å². The number of ether oxygens (including phenoxy) is 1. The third-order valence-corrected chi connectivity index (χ3v) is 4.72. The van der Waals surface area contributed by atoms with Gasteiger partial charge >= 0.3 is 171 Å². The van der Waals surface area contributed by atoms with Crippen LogP contribution in [-0.4, -0.2) is 67.8 Å². The molecule has 5 nitrogen and oxygen atoms in total. The normalized spacial score (nSPS) is 17.6. The van der Waals surface area contributed by atoms with Gasteiger partial charge in [0.25, 0.3) is 0 Å². The second-order valence-electron chi connectivity index (χ2n) is 5.21. The Morgan fingerprint density at radius 3 is 2.52 bits per heavy atom. The predicted octanol–water partition coefficient (Wildman–Crippen LogP) is 2.37. The molecule has 1 aromatic carbocycles. The van der Waals surface area contributed by atoms with Crippen molar-refractivity contribution in [3.8, 4) is 0 Å². The molecule has 135 valence electrons. The quantitative estimate of drug-likeness (QED) is 0.243. The van der Waals surface area contributed by atoms with Crippen LogP contribution < -0.4 is 5.32 Å². The molecule has 1 atom stereocenters. The molecule has 9 heteroatoms. The van der Waals surface area contributed by atoms with E-state index in [4.69, 9.17) is 39.5 Å². The number of carbonyl (C=O) groups excluding carboxylic acids is 1. The number of nitrogens with one attached hydrogen (secondary N) is 1. The topological polar surface area (TPSA) is 53.9 Å². The Hall–Kier alpha value is -0.751. The molecular formula is C16H17Cl3N3O2Se. The van der Waals surface area contributed by atoms with Crippen molar-refractivity contribution in [1.29, 1.82) is 0 Å². The van der Waals surface area contributed by atoms with E-state index in [1.807, 2.05) is 35.2 Å². The van der Waals surface area contributed by atoms with Gasteiger partial charge in [0.15, 0.2) is 0 Å². The number of aliphatic imine (C=N–C) groups is 1. The first-order chi connectivity index (χ1) is 11.9. The fourth-order valence-electron chi connectivity index (χ4n) is 2.05. The van der Waals surface area contributed by atoms with Crippen molar-refractivity contribution >= 4 is 67.5 Å². The number of hydrogen-bond donors (Lipinski definition) is 1. The van der Waals surface area contributed by atoms with Crippen LogP contribution in [0.3, 0.4) is 0 Å². The summed E-state index contributed by atoms with van der Waals surface area (Å²) in [6.45, 7) is 2.57. The number of carbonyl (C=O) groups is 1. The summed E-state index contributed by atoms with van der Waals surface area (Å²) in [5, 5.41) is 2.61. The molecule has 0 saturated carbocycles. The van der Waals surface area contributed by atoms with Gasteiger partial charge in [-0.05, 0) is 0 Å². The van der Waals surface area contributed by atoms with Crippen molar-refractivity contribution < 1.29 is 9.53 Å². The summed E-state index contributed by atoms with van der Waals surface area (Å²) in [4.78, 5) is 18.5. The Bertz CT molecular complexity index is 629. The average molecular weight is 469 g/mol. The fraction of sp³-hybridized carbons (Fsp3) is 0.375. The molecule has 0 aromatic heterocycles. The molecule has 1 heterocycles. The van der Waals surface area contributed by atoms with Gasteiger partial charge in [0, 0.05) is 0 Å². The van der Waals surface area contributed by atoms with Gasteiger partial charge in [-0.15, -0.1) is 0 Å². The van der Waals surface area contributed by atoms with Crippen molar-refractivity contribution in [2.45, 2.75) is 9.96 Å². The fourth-order valence-corrected chi connectivity index (χ4v) is 2.97. The maximum absolute atomic E-state index is 12.1. The summed E-state index contributed by atoms with van der Waals surface area (Å²) >= 11 is 20.8. The number of morpholine rings is 1. The molecule has 0 bridgehead atoms. The van der Waals surface area contributed by atoms with E-state index in [9.17, 15) is 4.79 Å². The number of benzene rings is 1. The molecule has 1 amide bonds. The Morgan fingerprint density at radius 1 is 1.28 bits per heavy atom. The number of amidine groups is 1. The second kappa shape index (κ2) is 9.81. The van der Waals surface area contributed by atoms with Crippen LogP contribution in [-0.2, 0) is 9.53 Å². The summed E-state index contributed by atoms with van der Waals surface area (Å²) in [5.41, 5.74) is 0.893. The molecule has 1 unspecified atom stereocenters. The molecule has 1 N–H and O–H groups in total. The van der Waals surface area contributed by atoms with E-state index in [1.165, 1.54) is 6.08 Å². The summed E-state index contributed by atoms with van der Waals surface area (Å²) in [5.74, 6) is -0.404. The van der Waals surface area contributed by atoms with Crippen LogP contribution in [0.5, 0.6) is 0 Å². The van der Waals surface area contributed by atoms with E-state index < -0.39 is 15.9 Å². The van der Waals surface area contributed by atoms with E-state index in [0.717, 1.165) is 5.56 Å². The molecule has 1 aromatic rings. The molecule has 1 aliphatic rings. The Kier molecular flexibility index (Phi) is 8.07. The van der Waals surface area contributed by atoms with E-state index in [-0.39, 0.29) is 0 Å². The summed E-state index contributed by atoms with van der Waals surface area (Å²) in [6.07, 6.45) is 2.03. The Labute approximate surface area is 170 Å². The number of hydrogen-bond acceptors (Lipinski definition) is 3. The van der Waals surface area contributed by atoms with Gasteiger partial charge in [-0.25, -0.2) is 0 Å². The second-order valence-corrected chi connectivity index (χ2v) is 8.34. The van der Waals surface area contributed by atoms with Crippen molar-refractivity contribution in [2.24, 2.45) is 4.99 Å². The van der Waals surface area contributed by atoms with E-state index in [2.05, 4.69) is 26.3 Å². The number of rotatable bonds is 4. The zero-order valence-electron chi connectivity index (χ0n) is 13.2. The molecule has 1 saturated heterocycles. The van der Waals surface area contributed by atoms with Gasteiger partial charge < -0.3 is 0 Å². The van der Waals surface area contributed by atoms with Crippen molar-refractivity contribution in [3.05, 3.63) is 42.0 Å². The standard InChI is InChI=1S/C16H17Cl3N3O2Se/c17-16(18,19)14(21-15(25)22-8-10-24-11-9-22)20-13(23)7-6-12-4-2-1-3-5-12/h1-7,14H,8-11H2,(H,20,23)/b7-6+,21-15?. The molecule has 2 rings (SSSR count). The van der Waals surface area contributed by atoms with E-state index in [0.29, 0.717) is 31.0 Å². The summed E-state index contributed by atoms with van der Waals surface area (Å²) < 4.78 is 4.07. The first-order valence-corrected chi connectivity index (χ1v) is 9.53. The minimum atomic E-state index is -1.78. The molecule has 0 aliphatic carbocycles. The zero-order valence-corrected chi connectivity index (χ0v) is 17.2. The van der Waals surface area contributed by atoms with E-state index in [1.54, 1.807) is 6.08 Å². The SMILES string of the molecule is O=C(/C=C/c1ccccc1)NC(N=C([Se])N1CCOCC1)C(Cl)(Cl)Cl. The molecule has 1 fully saturated rings. The Morgan fingerprint density at radius 2 is 1.92 bits per heavy atom. The third-order valence-electron chi connectivity index (χ3n) is 3.34. The van der Waals surface area contributed by atoms with Crippen molar-refractivity contribution in [3.63, 3.8) is 0 Å². The van der Waals surface area contributed by atoms with Gasteiger partial charge in [0.1, 0.15) is 0 Å². The molecule has 1 radical (unpaired) electrons. The molecule has 0 spiro atoms. The van der Waals surface area contributed by atoms with Crippen LogP contribution in [0.4, 0.5) is 0 Å². The van der Waals surface area contributed by atoms with Crippen LogP contribution in [0.1, 0.15) is 5.56 Å². The first-order valence-electron chi connectivity index (χ1n) is 7.54. The van der Waals surface area contributed by atoms with Crippen LogP contribution in [0, 0.1) is 0 Å². The van der Waals surface area contributed by atoms with Crippen LogP contribution in [0.2, 0.25) is 0 Å². The molecule has 25 heavy (non-hydrogen) atoms. The maximum atomic E-state index is 12.1. The van der Waals surface area contributed by atoms with Crippen LogP contribution in [0.15, 0.2) is 41.4 Å². The first kappa shape index (κ1) is 20.6. The minimum absolute atomic E-state index is 0.404. The van der Waals surface area contributed by atoms with Gasteiger partial charge in [0.05, 0.1) is 0 Å². The molecular weight excluding hydrogens is 452 g/mol. The summed E-state index contributed by atoms with van der Waals surface area (Å²) in [6, 6.07) is 9.43. The number of alkyl halides is 3. The van der Waals surface area contributed by atoms with Crippen molar-refractivity contribution in [1.82, 2.24) is 10.2 Å². The molecule has 1 aliphatic heterocycles. The monoisotopic (exact) mass is 468 g/mol. The van der Waals surface area contributed by atoms with E-state index >= 15 is 0 Å². The number of nitrogens with zero attached hydrogens (tertiary/aromatic N) is 2. The Balaban J connectivity index is 2.04. The third kappa shape index (κ3) is 7.18. The average Bonchev–Trinajstić information content (AvgIpc) is 2.60.